The molecule has 4 nitrogen and oxygen atoms in total. The highest BCUT2D eigenvalue weighted by Gasteiger charge is 2.61. The van der Waals surface area contributed by atoms with Crippen LogP contribution in [0.15, 0.2) is 11.6 Å². The molecule has 0 amide bonds. The highest BCUT2D eigenvalue weighted by Crippen LogP contribution is 2.69. The Morgan fingerprint density at radius 1 is 1.05 bits per heavy atom. The molecule has 0 spiro atoms. The number of carboxylic acids is 2. The lowest BCUT2D eigenvalue weighted by atomic mass is 9.43. The fourth-order valence-corrected chi connectivity index (χ4v) is 11.0. The molecule has 5 heteroatoms. The van der Waals surface area contributed by atoms with Gasteiger partial charge in [0.25, 0.3) is 0 Å². The van der Waals surface area contributed by atoms with Crippen LogP contribution in [0, 0.1) is 64.1 Å². The minimum atomic E-state index is -0.994. The average molecular weight is 608 g/mol. The second-order valence-electron chi connectivity index (χ2n) is 14.9. The second kappa shape index (κ2) is 12.6. The van der Waals surface area contributed by atoms with Crippen LogP contribution in [-0.2, 0) is 9.59 Å². The molecular weight excluding hydrogens is 552 g/mol. The maximum Gasteiger partial charge on any atom is 0.307 e. The summed E-state index contributed by atoms with van der Waals surface area (Å²) in [5.41, 5.74) is 2.05. The molecule has 0 aromatic rings. The number of rotatable bonds is 12. The number of hydrogen-bond acceptors (Lipinski definition) is 2. The topological polar surface area (TPSA) is 74.6 Å². The number of alkyl halides is 1. The van der Waals surface area contributed by atoms with Crippen molar-refractivity contribution in [1.82, 2.24) is 0 Å². The van der Waals surface area contributed by atoms with Crippen LogP contribution >= 0.6 is 15.9 Å². The normalized spacial score (nSPS) is 39.3. The van der Waals surface area contributed by atoms with Gasteiger partial charge in [0, 0.05) is 5.33 Å². The van der Waals surface area contributed by atoms with Crippen LogP contribution in [0.25, 0.3) is 0 Å². The molecule has 0 aliphatic heterocycles. The van der Waals surface area contributed by atoms with Gasteiger partial charge in [0.1, 0.15) is 0 Å². The minimum Gasteiger partial charge on any atom is -0.481 e. The third-order valence-electron chi connectivity index (χ3n) is 12.6. The maximum atomic E-state index is 12.2. The van der Waals surface area contributed by atoms with Crippen LogP contribution < -0.4 is 0 Å². The van der Waals surface area contributed by atoms with E-state index in [0.29, 0.717) is 17.3 Å². The molecule has 0 bridgehead atoms. The molecule has 2 unspecified atom stereocenters. The van der Waals surface area contributed by atoms with Crippen molar-refractivity contribution in [1.29, 1.82) is 0 Å². The summed E-state index contributed by atoms with van der Waals surface area (Å²) in [7, 11) is 0. The summed E-state index contributed by atoms with van der Waals surface area (Å²) in [4.78, 5) is 23.7. The van der Waals surface area contributed by atoms with Gasteiger partial charge in [-0.1, -0.05) is 81.5 Å². The zero-order chi connectivity index (χ0) is 28.5. The first kappa shape index (κ1) is 31.1. The molecule has 0 aromatic carbocycles. The van der Waals surface area contributed by atoms with E-state index in [-0.39, 0.29) is 17.8 Å². The number of halogens is 1. The molecule has 39 heavy (non-hydrogen) atoms. The van der Waals surface area contributed by atoms with Crippen molar-refractivity contribution in [3.8, 4) is 0 Å². The Hall–Kier alpha value is -0.840. The molecule has 0 aromatic heterocycles. The van der Waals surface area contributed by atoms with E-state index in [2.05, 4.69) is 56.6 Å². The Labute approximate surface area is 246 Å². The van der Waals surface area contributed by atoms with Crippen molar-refractivity contribution in [3.63, 3.8) is 0 Å². The van der Waals surface area contributed by atoms with Crippen LogP contribution in [0.3, 0.4) is 0 Å². The molecular formula is C34H55BrO4. The third-order valence-corrected chi connectivity index (χ3v) is 13.2. The van der Waals surface area contributed by atoms with Gasteiger partial charge < -0.3 is 10.2 Å². The van der Waals surface area contributed by atoms with Crippen LogP contribution in [0.2, 0.25) is 0 Å². The van der Waals surface area contributed by atoms with E-state index in [4.69, 9.17) is 0 Å². The van der Waals surface area contributed by atoms with E-state index >= 15 is 0 Å². The van der Waals surface area contributed by atoms with Crippen LogP contribution in [0.5, 0.6) is 0 Å². The molecule has 4 aliphatic rings. The summed E-state index contributed by atoms with van der Waals surface area (Å²) in [6.45, 7) is 12.4. The number of hydrogen-bond donors (Lipinski definition) is 2. The van der Waals surface area contributed by atoms with E-state index in [1.165, 1.54) is 50.5 Å². The standard InChI is InChI=1S/C34H55BrO4/c1-21(2)8-6-9-22(3)28-13-14-29-26-12-11-25-19-23(27(32(38)39)20-31(36)37)18-24(10-7-17-35)34(25,5)30(26)15-16-33(28,29)4/h11,21-24,26-30H,6-10,12-20H2,1-5H3,(H,36,37)(H,38,39)/t22-,23+,24?,26+,27?,28-,29+,30+,33-,34+/m1/s1. The van der Waals surface area contributed by atoms with E-state index in [9.17, 15) is 19.8 Å². The van der Waals surface area contributed by atoms with Crippen molar-refractivity contribution in [2.45, 2.75) is 118 Å². The summed E-state index contributed by atoms with van der Waals surface area (Å²) in [6, 6.07) is 0. The van der Waals surface area contributed by atoms with Gasteiger partial charge >= 0.3 is 11.9 Å². The molecule has 0 radical (unpaired) electrons. The van der Waals surface area contributed by atoms with E-state index in [0.717, 1.165) is 67.0 Å². The average Bonchev–Trinajstić information content (AvgIpc) is 3.22. The molecule has 222 valence electrons. The first-order chi connectivity index (χ1) is 18.4. The maximum absolute atomic E-state index is 12.2. The lowest BCUT2D eigenvalue weighted by Crippen LogP contribution is -2.54. The third kappa shape index (κ3) is 6.05. The predicted octanol–water partition coefficient (Wildman–Crippen LogP) is 9.22. The fourth-order valence-electron chi connectivity index (χ4n) is 10.7. The highest BCUT2D eigenvalue weighted by molar-refractivity contribution is 9.09. The monoisotopic (exact) mass is 606 g/mol. The summed E-state index contributed by atoms with van der Waals surface area (Å²) < 4.78 is 0. The SMILES string of the molecule is CC(C)CCC[C@@H](C)[C@H]1CC[C@H]2[C@@H]3CC=C4C[C@@H](C(CC(=O)O)C(=O)O)CC(CCCBr)[C@]4(C)[C@H]3CC[C@]12C. The van der Waals surface area contributed by atoms with Gasteiger partial charge in [0.2, 0.25) is 0 Å². The van der Waals surface area contributed by atoms with Gasteiger partial charge in [-0.2, -0.15) is 0 Å². The van der Waals surface area contributed by atoms with E-state index in [1.807, 2.05) is 0 Å². The van der Waals surface area contributed by atoms with E-state index < -0.39 is 17.9 Å². The van der Waals surface area contributed by atoms with Crippen molar-refractivity contribution in [2.75, 3.05) is 5.33 Å². The number of fused-ring (bicyclic) bond motifs is 5. The predicted molar refractivity (Wildman–Crippen MR) is 162 cm³/mol. The van der Waals surface area contributed by atoms with Gasteiger partial charge in [-0.3, -0.25) is 9.59 Å². The van der Waals surface area contributed by atoms with Gasteiger partial charge in [0.15, 0.2) is 0 Å². The molecule has 3 fully saturated rings. The van der Waals surface area contributed by atoms with Crippen molar-refractivity contribution < 1.29 is 19.8 Å². The van der Waals surface area contributed by atoms with E-state index in [1.54, 1.807) is 0 Å². The Bertz CT molecular complexity index is 913. The fraction of sp³-hybridized carbons (Fsp3) is 0.882. The Balaban J connectivity index is 1.58. The Morgan fingerprint density at radius 2 is 1.79 bits per heavy atom. The molecule has 3 saturated carbocycles. The molecule has 4 rings (SSSR count). The van der Waals surface area contributed by atoms with Gasteiger partial charge in [-0.25, -0.2) is 0 Å². The van der Waals surface area contributed by atoms with Crippen molar-refractivity contribution >= 4 is 27.9 Å². The lowest BCUT2D eigenvalue weighted by Gasteiger charge is -2.61. The van der Waals surface area contributed by atoms with Crippen LogP contribution in [0.1, 0.15) is 118 Å². The van der Waals surface area contributed by atoms with Gasteiger partial charge in [-0.15, -0.1) is 0 Å². The lowest BCUT2D eigenvalue weighted by molar-refractivity contribution is -0.151. The summed E-state index contributed by atoms with van der Waals surface area (Å²) >= 11 is 3.65. The minimum absolute atomic E-state index is 0.0776. The number of carboxylic acid groups (broad SMARTS) is 2. The number of allylic oxidation sites excluding steroid dienone is 2. The first-order valence-electron chi connectivity index (χ1n) is 16.1. The van der Waals surface area contributed by atoms with Crippen LogP contribution in [-0.4, -0.2) is 27.5 Å². The van der Waals surface area contributed by atoms with Crippen molar-refractivity contribution in [2.24, 2.45) is 64.1 Å². The zero-order valence-corrected chi connectivity index (χ0v) is 26.8. The highest BCUT2D eigenvalue weighted by atomic mass is 79.9. The molecule has 0 saturated heterocycles. The Morgan fingerprint density at radius 3 is 2.44 bits per heavy atom. The molecule has 10 atom stereocenters. The Kier molecular flexibility index (Phi) is 10.0. The number of carbonyl (C=O) groups is 2. The molecule has 4 aliphatic carbocycles. The van der Waals surface area contributed by atoms with Gasteiger partial charge in [0.05, 0.1) is 12.3 Å². The largest absolute Gasteiger partial charge is 0.481 e. The van der Waals surface area contributed by atoms with Crippen molar-refractivity contribution in [3.05, 3.63) is 11.6 Å². The molecule has 0 heterocycles. The zero-order valence-electron chi connectivity index (χ0n) is 25.3. The summed E-state index contributed by atoms with van der Waals surface area (Å²) in [5, 5.41) is 20.4. The first-order valence-corrected chi connectivity index (χ1v) is 17.3. The van der Waals surface area contributed by atoms with Gasteiger partial charge in [-0.05, 0) is 116 Å². The smallest absolute Gasteiger partial charge is 0.307 e. The second-order valence-corrected chi connectivity index (χ2v) is 15.7. The van der Waals surface area contributed by atoms with Crippen LogP contribution in [0.4, 0.5) is 0 Å². The summed E-state index contributed by atoms with van der Waals surface area (Å²) in [5.74, 6) is 2.30. The molecule has 2 N–H and O–H groups in total. The summed E-state index contributed by atoms with van der Waals surface area (Å²) in [6.07, 6.45) is 16.7. The quantitative estimate of drug-likeness (QED) is 0.171. The number of aliphatic carboxylic acids is 2.